The Balaban J connectivity index is 1.42. The van der Waals surface area contributed by atoms with Gasteiger partial charge in [-0.3, -0.25) is 4.79 Å². The molecule has 2 aliphatic rings. The predicted octanol–water partition coefficient (Wildman–Crippen LogP) is 2.62. The lowest BCUT2D eigenvalue weighted by Gasteiger charge is -2.25. The van der Waals surface area contributed by atoms with Crippen LogP contribution in [0.2, 0.25) is 0 Å². The maximum Gasteiger partial charge on any atom is 0.339 e. The van der Waals surface area contributed by atoms with E-state index in [4.69, 9.17) is 4.74 Å². The summed E-state index contributed by atoms with van der Waals surface area (Å²) in [5.74, 6) is -0.624. The monoisotopic (exact) mass is 321 g/mol. The van der Waals surface area contributed by atoms with Gasteiger partial charge in [-0.2, -0.15) is 0 Å². The molecule has 0 aromatic heterocycles. The predicted molar refractivity (Wildman–Crippen MR) is 89.7 cm³/mol. The number of benzene rings is 2. The van der Waals surface area contributed by atoms with Crippen molar-refractivity contribution in [1.29, 1.82) is 0 Å². The zero-order valence-electron chi connectivity index (χ0n) is 13.3. The Bertz CT molecular complexity index is 780. The van der Waals surface area contributed by atoms with Crippen molar-refractivity contribution in [2.45, 2.75) is 30.8 Å². The van der Waals surface area contributed by atoms with Crippen molar-refractivity contribution in [3.8, 4) is 0 Å². The minimum absolute atomic E-state index is 0.0491. The van der Waals surface area contributed by atoms with Crippen molar-refractivity contribution in [3.05, 3.63) is 71.3 Å². The number of carbonyl (C=O) groups excluding carboxylic acids is 2. The fraction of sp³-hybridized carbons (Fsp3) is 0.300. The Kier molecular flexibility index (Phi) is 3.60. The van der Waals surface area contributed by atoms with Gasteiger partial charge in [0, 0.05) is 18.4 Å². The number of fused-ring (bicyclic) bond motifs is 1. The van der Waals surface area contributed by atoms with Crippen LogP contribution in [0.4, 0.5) is 0 Å². The van der Waals surface area contributed by atoms with E-state index in [0.717, 1.165) is 18.4 Å². The van der Waals surface area contributed by atoms with E-state index < -0.39 is 12.1 Å². The van der Waals surface area contributed by atoms with Gasteiger partial charge in [-0.05, 0) is 30.0 Å². The minimum atomic E-state index is -0.737. The molecule has 1 heterocycles. The van der Waals surface area contributed by atoms with Crippen LogP contribution in [0.15, 0.2) is 54.6 Å². The van der Waals surface area contributed by atoms with Crippen LogP contribution in [0.5, 0.6) is 0 Å². The summed E-state index contributed by atoms with van der Waals surface area (Å²) in [7, 11) is 0. The van der Waals surface area contributed by atoms with Gasteiger partial charge in [-0.15, -0.1) is 0 Å². The summed E-state index contributed by atoms with van der Waals surface area (Å²) >= 11 is 0. The van der Waals surface area contributed by atoms with Gasteiger partial charge in [-0.25, -0.2) is 4.79 Å². The molecule has 2 aromatic rings. The van der Waals surface area contributed by atoms with Crippen molar-refractivity contribution in [2.75, 3.05) is 6.54 Å². The summed E-state index contributed by atoms with van der Waals surface area (Å²) in [6.45, 7) is 0.589. The third-order valence-electron chi connectivity index (χ3n) is 5.03. The van der Waals surface area contributed by atoms with Crippen molar-refractivity contribution in [1.82, 2.24) is 5.32 Å². The Hall–Kier alpha value is -2.62. The van der Waals surface area contributed by atoms with E-state index in [1.54, 1.807) is 12.1 Å². The molecule has 1 fully saturated rings. The highest BCUT2D eigenvalue weighted by Crippen LogP contribution is 2.47. The number of cyclic esters (lactones) is 1. The fourth-order valence-corrected chi connectivity index (χ4v) is 3.36. The molecule has 24 heavy (non-hydrogen) atoms. The number of ether oxygens (including phenoxy) is 1. The van der Waals surface area contributed by atoms with Gasteiger partial charge in [0.15, 0.2) is 6.10 Å². The molecular formula is C20H19NO3. The standard InChI is InChI=1S/C20H19NO3/c22-18(17-12-14-6-4-5-9-16(14)19(23)24-17)21-13-20(10-11-20)15-7-2-1-3-8-15/h1-9,17H,10-13H2,(H,21,22). The summed E-state index contributed by atoms with van der Waals surface area (Å²) in [5.41, 5.74) is 2.74. The molecule has 122 valence electrons. The van der Waals surface area contributed by atoms with Gasteiger partial charge >= 0.3 is 5.97 Å². The molecule has 4 nitrogen and oxygen atoms in total. The fourth-order valence-electron chi connectivity index (χ4n) is 3.36. The second-order valence-electron chi connectivity index (χ2n) is 6.62. The highest BCUT2D eigenvalue weighted by atomic mass is 16.5. The Morgan fingerprint density at radius 3 is 2.54 bits per heavy atom. The van der Waals surface area contributed by atoms with E-state index in [0.29, 0.717) is 18.5 Å². The van der Waals surface area contributed by atoms with Crippen LogP contribution in [-0.4, -0.2) is 24.5 Å². The Morgan fingerprint density at radius 2 is 1.79 bits per heavy atom. The number of rotatable bonds is 4. The quantitative estimate of drug-likeness (QED) is 0.881. The topological polar surface area (TPSA) is 55.4 Å². The molecule has 1 amide bonds. The smallest absolute Gasteiger partial charge is 0.339 e. The molecule has 0 saturated heterocycles. The third-order valence-corrected chi connectivity index (χ3v) is 5.03. The van der Waals surface area contributed by atoms with Crippen LogP contribution >= 0.6 is 0 Å². The first kappa shape index (κ1) is 14.9. The van der Waals surface area contributed by atoms with Crippen LogP contribution in [0.3, 0.4) is 0 Å². The summed E-state index contributed by atoms with van der Waals surface area (Å²) in [6.07, 6.45) is 1.85. The first-order valence-corrected chi connectivity index (χ1v) is 8.30. The third kappa shape index (κ3) is 2.68. The average Bonchev–Trinajstić information content (AvgIpc) is 3.42. The second-order valence-corrected chi connectivity index (χ2v) is 6.62. The molecule has 1 atom stereocenters. The molecule has 4 heteroatoms. The first-order chi connectivity index (χ1) is 11.7. The summed E-state index contributed by atoms with van der Waals surface area (Å²) < 4.78 is 5.31. The molecule has 1 saturated carbocycles. The number of esters is 1. The van der Waals surface area contributed by atoms with Crippen LogP contribution in [0.25, 0.3) is 0 Å². The Morgan fingerprint density at radius 1 is 1.08 bits per heavy atom. The SMILES string of the molecule is O=C1OC(C(=O)NCC2(c3ccccc3)CC2)Cc2ccccc21. The van der Waals surface area contributed by atoms with E-state index >= 15 is 0 Å². The zero-order chi connectivity index (χ0) is 16.6. The molecule has 0 radical (unpaired) electrons. The van der Waals surface area contributed by atoms with Crippen LogP contribution in [-0.2, 0) is 21.4 Å². The molecule has 1 aliphatic heterocycles. The van der Waals surface area contributed by atoms with E-state index in [9.17, 15) is 9.59 Å². The summed E-state index contributed by atoms with van der Waals surface area (Å²) in [6, 6.07) is 17.6. The number of hydrogen-bond acceptors (Lipinski definition) is 3. The van der Waals surface area contributed by atoms with Crippen molar-refractivity contribution >= 4 is 11.9 Å². The van der Waals surface area contributed by atoms with Crippen LogP contribution < -0.4 is 5.32 Å². The van der Waals surface area contributed by atoms with Crippen molar-refractivity contribution < 1.29 is 14.3 Å². The molecule has 2 aromatic carbocycles. The molecule has 1 aliphatic carbocycles. The highest BCUT2D eigenvalue weighted by molar-refractivity contribution is 5.95. The number of amides is 1. The second kappa shape index (κ2) is 5.78. The van der Waals surface area contributed by atoms with E-state index in [1.165, 1.54) is 5.56 Å². The minimum Gasteiger partial charge on any atom is -0.448 e. The van der Waals surface area contributed by atoms with Crippen molar-refractivity contribution in [2.24, 2.45) is 0 Å². The summed E-state index contributed by atoms with van der Waals surface area (Å²) in [5, 5.41) is 2.99. The number of hydrogen-bond donors (Lipinski definition) is 1. The van der Waals surface area contributed by atoms with Gasteiger partial charge in [-0.1, -0.05) is 48.5 Å². The average molecular weight is 321 g/mol. The van der Waals surface area contributed by atoms with Crippen LogP contribution in [0, 0.1) is 0 Å². The highest BCUT2D eigenvalue weighted by Gasteiger charge is 2.44. The molecule has 1 N–H and O–H groups in total. The van der Waals surface area contributed by atoms with E-state index in [2.05, 4.69) is 17.4 Å². The van der Waals surface area contributed by atoms with Gasteiger partial charge in [0.2, 0.25) is 0 Å². The Labute approximate surface area is 140 Å². The molecular weight excluding hydrogens is 302 g/mol. The molecule has 4 rings (SSSR count). The molecule has 0 spiro atoms. The molecule has 1 unspecified atom stereocenters. The summed E-state index contributed by atoms with van der Waals surface area (Å²) in [4.78, 5) is 24.5. The van der Waals surface area contributed by atoms with Gasteiger partial charge in [0.05, 0.1) is 5.56 Å². The number of nitrogens with one attached hydrogen (secondary N) is 1. The lowest BCUT2D eigenvalue weighted by Crippen LogP contribution is -2.44. The van der Waals surface area contributed by atoms with Gasteiger partial charge in [0.25, 0.3) is 5.91 Å². The number of carbonyl (C=O) groups is 2. The normalized spacial score (nSPS) is 20.7. The van der Waals surface area contributed by atoms with Crippen LogP contribution in [0.1, 0.15) is 34.3 Å². The zero-order valence-corrected chi connectivity index (χ0v) is 13.3. The maximum absolute atomic E-state index is 12.5. The maximum atomic E-state index is 12.5. The van der Waals surface area contributed by atoms with E-state index in [1.807, 2.05) is 30.3 Å². The lowest BCUT2D eigenvalue weighted by atomic mass is 9.95. The lowest BCUT2D eigenvalue weighted by molar-refractivity contribution is -0.130. The molecule has 0 bridgehead atoms. The first-order valence-electron chi connectivity index (χ1n) is 8.30. The van der Waals surface area contributed by atoms with Gasteiger partial charge < -0.3 is 10.1 Å². The van der Waals surface area contributed by atoms with E-state index in [-0.39, 0.29) is 11.3 Å². The van der Waals surface area contributed by atoms with Crippen molar-refractivity contribution in [3.63, 3.8) is 0 Å². The van der Waals surface area contributed by atoms with Gasteiger partial charge in [0.1, 0.15) is 0 Å². The largest absolute Gasteiger partial charge is 0.448 e.